The summed E-state index contributed by atoms with van der Waals surface area (Å²) >= 11 is 0. The fraction of sp³-hybridized carbons (Fsp3) is 0.0556. The van der Waals surface area contributed by atoms with E-state index in [1.807, 2.05) is 6.07 Å². The zero-order valence-electron chi connectivity index (χ0n) is 13.3. The minimum absolute atomic E-state index is 0.102. The van der Waals surface area contributed by atoms with Crippen molar-refractivity contribution < 1.29 is 18.0 Å². The van der Waals surface area contributed by atoms with Gasteiger partial charge in [0, 0.05) is 17.6 Å². The highest BCUT2D eigenvalue weighted by Gasteiger charge is 2.29. The molecule has 0 atom stereocenters. The van der Waals surface area contributed by atoms with Gasteiger partial charge in [-0.3, -0.25) is 4.79 Å². The van der Waals surface area contributed by atoms with Gasteiger partial charge in [-0.1, -0.05) is 18.2 Å². The summed E-state index contributed by atoms with van der Waals surface area (Å²) in [5.74, 6) is -0.320. The highest BCUT2D eigenvalue weighted by molar-refractivity contribution is 6.02. The SMILES string of the molecule is O=C(Nc1ccccc1)c1ccnc(Nc2ccc(C(F)(F)F)cc2)n1. The van der Waals surface area contributed by atoms with Crippen molar-refractivity contribution in [2.45, 2.75) is 6.18 Å². The molecule has 0 spiro atoms. The molecule has 1 aromatic heterocycles. The molecule has 0 aliphatic heterocycles. The number of benzene rings is 2. The quantitative estimate of drug-likeness (QED) is 0.721. The number of halogens is 3. The number of amides is 1. The van der Waals surface area contributed by atoms with Crippen LogP contribution < -0.4 is 10.6 Å². The Morgan fingerprint density at radius 2 is 1.58 bits per heavy atom. The normalized spacial score (nSPS) is 11.0. The summed E-state index contributed by atoms with van der Waals surface area (Å²) in [5.41, 5.74) is 0.366. The van der Waals surface area contributed by atoms with E-state index in [9.17, 15) is 18.0 Å². The van der Waals surface area contributed by atoms with E-state index >= 15 is 0 Å². The Balaban J connectivity index is 1.72. The van der Waals surface area contributed by atoms with Crippen LogP contribution in [0.5, 0.6) is 0 Å². The van der Waals surface area contributed by atoms with Crippen LogP contribution in [0.2, 0.25) is 0 Å². The number of anilines is 3. The minimum atomic E-state index is -4.40. The molecule has 0 aliphatic carbocycles. The fourth-order valence-corrected chi connectivity index (χ4v) is 2.13. The van der Waals surface area contributed by atoms with Crippen molar-refractivity contribution in [1.82, 2.24) is 9.97 Å². The summed E-state index contributed by atoms with van der Waals surface area (Å²) in [5, 5.41) is 5.46. The van der Waals surface area contributed by atoms with Gasteiger partial charge in [0.2, 0.25) is 5.95 Å². The molecular formula is C18H13F3N4O. The first-order chi connectivity index (χ1) is 12.4. The molecule has 3 aromatic rings. The predicted octanol–water partition coefficient (Wildman–Crippen LogP) is 4.49. The number of para-hydroxylation sites is 1. The first kappa shape index (κ1) is 17.4. The number of hydrogen-bond acceptors (Lipinski definition) is 4. The standard InChI is InChI=1S/C18H13F3N4O/c19-18(20,21)12-6-8-14(9-7-12)24-17-22-11-10-15(25-17)16(26)23-13-4-2-1-3-5-13/h1-11H,(H,23,26)(H,22,24,25). The van der Waals surface area contributed by atoms with Crippen molar-refractivity contribution in [3.63, 3.8) is 0 Å². The Kier molecular flexibility index (Phi) is 4.83. The van der Waals surface area contributed by atoms with Crippen LogP contribution in [-0.2, 0) is 6.18 Å². The van der Waals surface area contributed by atoms with E-state index in [0.717, 1.165) is 12.1 Å². The molecule has 0 unspecified atom stereocenters. The third-order valence-corrected chi connectivity index (χ3v) is 3.39. The third kappa shape index (κ3) is 4.35. The molecule has 0 saturated heterocycles. The summed E-state index contributed by atoms with van der Waals surface area (Å²) < 4.78 is 37.7. The van der Waals surface area contributed by atoms with E-state index in [2.05, 4.69) is 20.6 Å². The molecular weight excluding hydrogens is 345 g/mol. The van der Waals surface area contributed by atoms with Crippen LogP contribution in [0.15, 0.2) is 66.9 Å². The molecule has 0 bridgehead atoms. The van der Waals surface area contributed by atoms with Crippen molar-refractivity contribution in [2.24, 2.45) is 0 Å². The fourth-order valence-electron chi connectivity index (χ4n) is 2.13. The highest BCUT2D eigenvalue weighted by atomic mass is 19.4. The van der Waals surface area contributed by atoms with E-state index in [4.69, 9.17) is 0 Å². The molecule has 0 radical (unpaired) electrons. The number of rotatable bonds is 4. The Morgan fingerprint density at radius 3 is 2.23 bits per heavy atom. The Morgan fingerprint density at radius 1 is 0.885 bits per heavy atom. The zero-order valence-corrected chi connectivity index (χ0v) is 13.3. The van der Waals surface area contributed by atoms with Gasteiger partial charge >= 0.3 is 6.18 Å². The molecule has 26 heavy (non-hydrogen) atoms. The summed E-state index contributed by atoms with van der Waals surface area (Å²) in [6, 6.07) is 14.7. The van der Waals surface area contributed by atoms with E-state index in [0.29, 0.717) is 11.4 Å². The third-order valence-electron chi connectivity index (χ3n) is 3.39. The molecule has 0 aliphatic rings. The first-order valence-electron chi connectivity index (χ1n) is 7.55. The number of nitrogens with zero attached hydrogens (tertiary/aromatic N) is 2. The maximum Gasteiger partial charge on any atom is 0.416 e. The van der Waals surface area contributed by atoms with Gasteiger partial charge in [0.05, 0.1) is 5.56 Å². The van der Waals surface area contributed by atoms with Crippen LogP contribution in [0, 0.1) is 0 Å². The molecule has 1 amide bonds. The largest absolute Gasteiger partial charge is 0.416 e. The molecule has 2 N–H and O–H groups in total. The van der Waals surface area contributed by atoms with E-state index in [1.165, 1.54) is 24.4 Å². The van der Waals surface area contributed by atoms with Gasteiger partial charge < -0.3 is 10.6 Å². The number of carbonyl (C=O) groups excluding carboxylic acids is 1. The van der Waals surface area contributed by atoms with E-state index in [1.54, 1.807) is 24.3 Å². The van der Waals surface area contributed by atoms with Crippen molar-refractivity contribution >= 4 is 23.2 Å². The van der Waals surface area contributed by atoms with Crippen LogP contribution >= 0.6 is 0 Å². The minimum Gasteiger partial charge on any atom is -0.324 e. The van der Waals surface area contributed by atoms with Crippen molar-refractivity contribution in [2.75, 3.05) is 10.6 Å². The van der Waals surface area contributed by atoms with Crippen LogP contribution in [0.1, 0.15) is 16.1 Å². The van der Waals surface area contributed by atoms with Gasteiger partial charge in [-0.15, -0.1) is 0 Å². The molecule has 5 nitrogen and oxygen atoms in total. The average molecular weight is 358 g/mol. The lowest BCUT2D eigenvalue weighted by atomic mass is 10.2. The summed E-state index contributed by atoms with van der Waals surface area (Å²) in [4.78, 5) is 20.3. The Labute approximate surface area is 146 Å². The molecule has 3 rings (SSSR count). The molecule has 2 aromatic carbocycles. The number of nitrogens with one attached hydrogen (secondary N) is 2. The van der Waals surface area contributed by atoms with Crippen LogP contribution in [-0.4, -0.2) is 15.9 Å². The lowest BCUT2D eigenvalue weighted by Gasteiger charge is -2.09. The second-order valence-electron chi connectivity index (χ2n) is 5.29. The van der Waals surface area contributed by atoms with Gasteiger partial charge in [-0.05, 0) is 42.5 Å². The zero-order chi connectivity index (χ0) is 18.6. The second-order valence-corrected chi connectivity index (χ2v) is 5.29. The van der Waals surface area contributed by atoms with Gasteiger partial charge in [-0.25, -0.2) is 9.97 Å². The molecule has 0 fully saturated rings. The van der Waals surface area contributed by atoms with Gasteiger partial charge in [-0.2, -0.15) is 13.2 Å². The van der Waals surface area contributed by atoms with E-state index in [-0.39, 0.29) is 11.6 Å². The van der Waals surface area contributed by atoms with Gasteiger partial charge in [0.25, 0.3) is 5.91 Å². The van der Waals surface area contributed by atoms with Crippen LogP contribution in [0.25, 0.3) is 0 Å². The van der Waals surface area contributed by atoms with Crippen molar-refractivity contribution in [3.05, 3.63) is 78.1 Å². The Bertz CT molecular complexity index is 896. The average Bonchev–Trinajstić information content (AvgIpc) is 2.62. The number of hydrogen-bond donors (Lipinski definition) is 2. The summed E-state index contributed by atoms with van der Waals surface area (Å²) in [6.45, 7) is 0. The maximum absolute atomic E-state index is 12.6. The summed E-state index contributed by atoms with van der Waals surface area (Å²) in [7, 11) is 0. The van der Waals surface area contributed by atoms with Gasteiger partial charge in [0.15, 0.2) is 0 Å². The molecule has 8 heteroatoms. The number of carbonyl (C=O) groups is 1. The van der Waals surface area contributed by atoms with Crippen molar-refractivity contribution in [3.8, 4) is 0 Å². The topological polar surface area (TPSA) is 66.9 Å². The van der Waals surface area contributed by atoms with Crippen molar-refractivity contribution in [1.29, 1.82) is 0 Å². The van der Waals surface area contributed by atoms with Crippen LogP contribution in [0.4, 0.5) is 30.5 Å². The van der Waals surface area contributed by atoms with Crippen LogP contribution in [0.3, 0.4) is 0 Å². The smallest absolute Gasteiger partial charge is 0.324 e. The first-order valence-corrected chi connectivity index (χ1v) is 7.55. The molecule has 132 valence electrons. The lowest BCUT2D eigenvalue weighted by molar-refractivity contribution is -0.137. The second kappa shape index (κ2) is 7.22. The monoisotopic (exact) mass is 358 g/mol. The highest BCUT2D eigenvalue weighted by Crippen LogP contribution is 2.30. The van der Waals surface area contributed by atoms with E-state index < -0.39 is 17.6 Å². The Hall–Kier alpha value is -3.42. The molecule has 0 saturated carbocycles. The molecule has 1 heterocycles. The number of aromatic nitrogens is 2. The van der Waals surface area contributed by atoms with Gasteiger partial charge in [0.1, 0.15) is 5.69 Å². The predicted molar refractivity (Wildman–Crippen MR) is 91.2 cm³/mol. The lowest BCUT2D eigenvalue weighted by Crippen LogP contribution is -2.14. The number of alkyl halides is 3. The maximum atomic E-state index is 12.6. The summed E-state index contributed by atoms with van der Waals surface area (Å²) in [6.07, 6.45) is -3.01.